The quantitative estimate of drug-likeness (QED) is 0.710. The summed E-state index contributed by atoms with van der Waals surface area (Å²) >= 11 is 0. The van der Waals surface area contributed by atoms with Gasteiger partial charge in [0, 0.05) is 0 Å². The summed E-state index contributed by atoms with van der Waals surface area (Å²) < 4.78 is 0. The largest absolute Gasteiger partial charge is 0.317 e. The van der Waals surface area contributed by atoms with Crippen molar-refractivity contribution in [3.05, 3.63) is 35.4 Å². The molecule has 0 aliphatic heterocycles. The van der Waals surface area contributed by atoms with Crippen molar-refractivity contribution < 1.29 is 0 Å². The summed E-state index contributed by atoms with van der Waals surface area (Å²) in [6, 6.07) is 9.19. The van der Waals surface area contributed by atoms with Crippen molar-refractivity contribution >= 4 is 0 Å². The highest BCUT2D eigenvalue weighted by Crippen LogP contribution is 2.23. The number of benzene rings is 1. The third-order valence-corrected chi connectivity index (χ3v) is 3.81. The first-order valence-corrected chi connectivity index (χ1v) is 7.73. The van der Waals surface area contributed by atoms with E-state index in [1.807, 2.05) is 0 Å². The monoisotopic (exact) mass is 261 g/mol. The van der Waals surface area contributed by atoms with Gasteiger partial charge in [-0.05, 0) is 54.8 Å². The van der Waals surface area contributed by atoms with Crippen LogP contribution in [0.15, 0.2) is 24.3 Å². The van der Waals surface area contributed by atoms with Gasteiger partial charge >= 0.3 is 0 Å². The molecule has 0 fully saturated rings. The van der Waals surface area contributed by atoms with Crippen LogP contribution in [-0.2, 0) is 11.8 Å². The molecule has 19 heavy (non-hydrogen) atoms. The summed E-state index contributed by atoms with van der Waals surface area (Å²) in [6.07, 6.45) is 3.78. The van der Waals surface area contributed by atoms with Crippen molar-refractivity contribution in [1.29, 1.82) is 0 Å². The minimum Gasteiger partial charge on any atom is -0.317 e. The summed E-state index contributed by atoms with van der Waals surface area (Å²) in [5.74, 6) is 0.807. The van der Waals surface area contributed by atoms with Crippen LogP contribution in [0, 0.1) is 5.92 Å². The Balaban J connectivity index is 2.37. The number of hydrogen-bond acceptors (Lipinski definition) is 1. The van der Waals surface area contributed by atoms with E-state index in [9.17, 15) is 0 Å². The Kier molecular flexibility index (Phi) is 6.57. The summed E-state index contributed by atoms with van der Waals surface area (Å²) in [4.78, 5) is 0. The molecule has 1 aromatic rings. The molecule has 1 nitrogen and oxygen atoms in total. The fourth-order valence-corrected chi connectivity index (χ4v) is 2.25. The topological polar surface area (TPSA) is 12.0 Å². The van der Waals surface area contributed by atoms with Crippen molar-refractivity contribution in [2.24, 2.45) is 5.92 Å². The Morgan fingerprint density at radius 2 is 1.68 bits per heavy atom. The first-order valence-electron chi connectivity index (χ1n) is 7.73. The van der Waals surface area contributed by atoms with Crippen LogP contribution in [-0.4, -0.2) is 13.1 Å². The maximum absolute atomic E-state index is 3.40. The van der Waals surface area contributed by atoms with E-state index in [-0.39, 0.29) is 5.41 Å². The van der Waals surface area contributed by atoms with Gasteiger partial charge in [-0.2, -0.15) is 0 Å². The first-order chi connectivity index (χ1) is 8.93. The van der Waals surface area contributed by atoms with Crippen LogP contribution in [0.3, 0.4) is 0 Å². The third kappa shape index (κ3) is 6.24. The van der Waals surface area contributed by atoms with E-state index in [2.05, 4.69) is 64.2 Å². The van der Waals surface area contributed by atoms with Gasteiger partial charge in [0.1, 0.15) is 0 Å². The van der Waals surface area contributed by atoms with Crippen LogP contribution in [0.2, 0.25) is 0 Å². The SMILES string of the molecule is CCNCCC(C)CCc1ccc(C(C)(C)C)cc1. The molecule has 1 atom stereocenters. The van der Waals surface area contributed by atoms with E-state index in [4.69, 9.17) is 0 Å². The lowest BCUT2D eigenvalue weighted by Gasteiger charge is -2.19. The van der Waals surface area contributed by atoms with Gasteiger partial charge in [-0.25, -0.2) is 0 Å². The average Bonchev–Trinajstić information content (AvgIpc) is 2.36. The van der Waals surface area contributed by atoms with Gasteiger partial charge in [0.2, 0.25) is 0 Å². The molecule has 1 heteroatoms. The van der Waals surface area contributed by atoms with Gasteiger partial charge in [0.25, 0.3) is 0 Å². The zero-order valence-corrected chi connectivity index (χ0v) is 13.4. The maximum Gasteiger partial charge on any atom is -0.00465 e. The Morgan fingerprint density at radius 1 is 1.05 bits per heavy atom. The van der Waals surface area contributed by atoms with E-state index < -0.39 is 0 Å². The standard InChI is InChI=1S/C18H31N/c1-6-19-14-13-15(2)7-8-16-9-11-17(12-10-16)18(3,4)5/h9-12,15,19H,6-8,13-14H2,1-5H3. The molecule has 0 bridgehead atoms. The van der Waals surface area contributed by atoms with Crippen molar-refractivity contribution in [1.82, 2.24) is 5.32 Å². The maximum atomic E-state index is 3.40. The molecule has 0 radical (unpaired) electrons. The van der Waals surface area contributed by atoms with E-state index in [0.29, 0.717) is 0 Å². The summed E-state index contributed by atoms with van der Waals surface area (Å²) in [5, 5.41) is 3.40. The van der Waals surface area contributed by atoms with Crippen molar-refractivity contribution in [3.8, 4) is 0 Å². The van der Waals surface area contributed by atoms with Crippen molar-refractivity contribution in [2.75, 3.05) is 13.1 Å². The van der Waals surface area contributed by atoms with Crippen LogP contribution in [0.4, 0.5) is 0 Å². The first kappa shape index (κ1) is 16.2. The van der Waals surface area contributed by atoms with Gasteiger partial charge in [-0.1, -0.05) is 58.9 Å². The second-order valence-corrected chi connectivity index (χ2v) is 6.73. The third-order valence-electron chi connectivity index (χ3n) is 3.81. The second kappa shape index (κ2) is 7.69. The minimum absolute atomic E-state index is 0.262. The van der Waals surface area contributed by atoms with Crippen molar-refractivity contribution in [2.45, 2.75) is 59.3 Å². The van der Waals surface area contributed by atoms with Gasteiger partial charge < -0.3 is 5.32 Å². The van der Waals surface area contributed by atoms with Crippen LogP contribution >= 0.6 is 0 Å². The highest BCUT2D eigenvalue weighted by atomic mass is 14.8. The molecule has 1 unspecified atom stereocenters. The fraction of sp³-hybridized carbons (Fsp3) is 0.667. The average molecular weight is 261 g/mol. The lowest BCUT2D eigenvalue weighted by molar-refractivity contribution is 0.474. The van der Waals surface area contributed by atoms with E-state index in [0.717, 1.165) is 19.0 Å². The molecular weight excluding hydrogens is 230 g/mol. The molecule has 0 aromatic heterocycles. The molecule has 0 saturated heterocycles. The molecule has 1 N–H and O–H groups in total. The van der Waals surface area contributed by atoms with E-state index in [1.165, 1.54) is 30.4 Å². The van der Waals surface area contributed by atoms with Crippen molar-refractivity contribution in [3.63, 3.8) is 0 Å². The number of aryl methyl sites for hydroxylation is 1. The summed E-state index contributed by atoms with van der Waals surface area (Å²) in [6.45, 7) is 13.6. The summed E-state index contributed by atoms with van der Waals surface area (Å²) in [7, 11) is 0. The number of hydrogen-bond donors (Lipinski definition) is 1. The minimum atomic E-state index is 0.262. The predicted octanol–water partition coefficient (Wildman–Crippen LogP) is 4.55. The lowest BCUT2D eigenvalue weighted by atomic mass is 9.86. The molecule has 1 aromatic carbocycles. The zero-order valence-electron chi connectivity index (χ0n) is 13.4. The predicted molar refractivity (Wildman–Crippen MR) is 85.8 cm³/mol. The Hall–Kier alpha value is -0.820. The lowest BCUT2D eigenvalue weighted by Crippen LogP contribution is -2.16. The fourth-order valence-electron chi connectivity index (χ4n) is 2.25. The molecule has 0 aliphatic rings. The Bertz CT molecular complexity index is 345. The number of nitrogens with one attached hydrogen (secondary N) is 1. The van der Waals surface area contributed by atoms with Crippen LogP contribution in [0.5, 0.6) is 0 Å². The van der Waals surface area contributed by atoms with Crippen LogP contribution in [0.25, 0.3) is 0 Å². The van der Waals surface area contributed by atoms with Gasteiger partial charge in [0.15, 0.2) is 0 Å². The second-order valence-electron chi connectivity index (χ2n) is 6.73. The molecule has 0 aliphatic carbocycles. The highest BCUT2D eigenvalue weighted by molar-refractivity contribution is 5.27. The molecule has 0 amide bonds. The molecular formula is C18H31N. The normalized spacial score (nSPS) is 13.5. The van der Waals surface area contributed by atoms with Crippen LogP contribution < -0.4 is 5.32 Å². The molecule has 0 heterocycles. The molecule has 0 saturated carbocycles. The molecule has 1 rings (SSSR count). The van der Waals surface area contributed by atoms with Gasteiger partial charge in [0.05, 0.1) is 0 Å². The molecule has 0 spiro atoms. The van der Waals surface area contributed by atoms with E-state index >= 15 is 0 Å². The molecule has 108 valence electrons. The van der Waals surface area contributed by atoms with Gasteiger partial charge in [-0.15, -0.1) is 0 Å². The Morgan fingerprint density at radius 3 is 2.21 bits per heavy atom. The smallest absolute Gasteiger partial charge is 0.00465 e. The van der Waals surface area contributed by atoms with E-state index in [1.54, 1.807) is 0 Å². The van der Waals surface area contributed by atoms with Gasteiger partial charge in [-0.3, -0.25) is 0 Å². The Labute approximate surface area is 119 Å². The number of rotatable bonds is 7. The zero-order chi connectivity index (χ0) is 14.3. The van der Waals surface area contributed by atoms with Crippen LogP contribution in [0.1, 0.15) is 58.6 Å². The summed E-state index contributed by atoms with van der Waals surface area (Å²) in [5.41, 5.74) is 3.16. The highest BCUT2D eigenvalue weighted by Gasteiger charge is 2.12.